The van der Waals surface area contributed by atoms with Gasteiger partial charge in [-0.15, -0.1) is 0 Å². The fraction of sp³-hybridized carbons (Fsp3) is 0.538. The lowest BCUT2D eigenvalue weighted by Crippen LogP contribution is -2.59. The Bertz CT molecular complexity index is 1090. The molecule has 1 saturated carbocycles. The Labute approximate surface area is 240 Å². The highest BCUT2D eigenvalue weighted by Gasteiger charge is 2.38. The summed E-state index contributed by atoms with van der Waals surface area (Å²) in [7, 11) is 0. The van der Waals surface area contributed by atoms with Crippen LogP contribution in [-0.4, -0.2) is 127 Å². The van der Waals surface area contributed by atoms with Gasteiger partial charge in [0, 0.05) is 29.6 Å². The summed E-state index contributed by atoms with van der Waals surface area (Å²) in [6.45, 7) is -2.95. The van der Waals surface area contributed by atoms with Crippen molar-refractivity contribution < 1.29 is 49.5 Å². The summed E-state index contributed by atoms with van der Waals surface area (Å²) in [4.78, 5) is 63.2. The van der Waals surface area contributed by atoms with E-state index in [1.54, 1.807) is 29.2 Å². The zero-order valence-corrected chi connectivity index (χ0v) is 23.1. The average Bonchev–Trinajstić information content (AvgIpc) is 2.87. The van der Waals surface area contributed by atoms with Crippen LogP contribution in [0.5, 0.6) is 0 Å². The molecule has 0 spiro atoms. The molecule has 224 valence electrons. The highest BCUT2D eigenvalue weighted by Crippen LogP contribution is 2.29. The lowest BCUT2D eigenvalue weighted by atomic mass is 9.87. The second-order valence-electron chi connectivity index (χ2n) is 9.82. The van der Waals surface area contributed by atoms with Gasteiger partial charge >= 0.3 is 29.8 Å². The summed E-state index contributed by atoms with van der Waals surface area (Å²) in [5, 5.41) is 58.5. The number of carbonyl (C=O) groups is 5. The van der Waals surface area contributed by atoms with Crippen LogP contribution in [0.4, 0.5) is 0 Å². The van der Waals surface area contributed by atoms with E-state index in [2.05, 4.69) is 0 Å². The SMILES string of the molecule is N#CSc1ccc(CC(CN(CC(=O)O)C2CCCCC2N(CC(=O)O)CC(=O)O)N(CC(=O)O)CC(=O)O)cc1. The summed E-state index contributed by atoms with van der Waals surface area (Å²) >= 11 is 0.951. The second-order valence-corrected chi connectivity index (χ2v) is 10.7. The van der Waals surface area contributed by atoms with Crippen molar-refractivity contribution in [2.24, 2.45) is 0 Å². The molecule has 0 radical (unpaired) electrons. The van der Waals surface area contributed by atoms with Gasteiger partial charge < -0.3 is 25.5 Å². The summed E-state index contributed by atoms with van der Waals surface area (Å²) in [6.07, 6.45) is 2.39. The van der Waals surface area contributed by atoms with Crippen LogP contribution in [0.15, 0.2) is 29.2 Å². The van der Waals surface area contributed by atoms with Crippen LogP contribution in [0.3, 0.4) is 0 Å². The first-order chi connectivity index (χ1) is 19.4. The summed E-state index contributed by atoms with van der Waals surface area (Å²) in [6, 6.07) is 4.86. The van der Waals surface area contributed by atoms with Crippen molar-refractivity contribution in [3.05, 3.63) is 29.8 Å². The first-order valence-electron chi connectivity index (χ1n) is 12.9. The molecule has 1 aliphatic carbocycles. The number of thioether (sulfide) groups is 1. The van der Waals surface area contributed by atoms with Gasteiger partial charge in [0.1, 0.15) is 5.40 Å². The first-order valence-corrected chi connectivity index (χ1v) is 13.7. The van der Waals surface area contributed by atoms with Gasteiger partial charge in [-0.25, -0.2) is 0 Å². The van der Waals surface area contributed by atoms with Crippen molar-refractivity contribution in [2.45, 2.75) is 55.1 Å². The number of aliphatic carboxylic acids is 5. The van der Waals surface area contributed by atoms with E-state index in [9.17, 15) is 49.5 Å². The Kier molecular flexibility index (Phi) is 13.5. The molecule has 0 aromatic heterocycles. The third kappa shape index (κ3) is 11.7. The zero-order chi connectivity index (χ0) is 30.5. The van der Waals surface area contributed by atoms with Gasteiger partial charge in [-0.05, 0) is 48.7 Å². The zero-order valence-electron chi connectivity index (χ0n) is 22.3. The molecule has 0 saturated heterocycles. The smallest absolute Gasteiger partial charge is 0.317 e. The lowest BCUT2D eigenvalue weighted by Gasteiger charge is -2.45. The Balaban J connectivity index is 2.50. The third-order valence-electron chi connectivity index (χ3n) is 6.84. The van der Waals surface area contributed by atoms with Crippen molar-refractivity contribution in [3.63, 3.8) is 0 Å². The maximum Gasteiger partial charge on any atom is 0.317 e. The monoisotopic (exact) mass is 594 g/mol. The molecule has 0 heterocycles. The van der Waals surface area contributed by atoms with Crippen LogP contribution in [0.2, 0.25) is 0 Å². The number of hydrogen-bond donors (Lipinski definition) is 5. The molecule has 0 aliphatic heterocycles. The molecule has 3 unspecified atom stereocenters. The topological polar surface area (TPSA) is 220 Å². The molecule has 1 aromatic rings. The number of benzene rings is 1. The number of thiocyanates is 1. The van der Waals surface area contributed by atoms with Crippen LogP contribution >= 0.6 is 11.8 Å². The van der Waals surface area contributed by atoms with Gasteiger partial charge in [0.2, 0.25) is 0 Å². The van der Waals surface area contributed by atoms with Crippen LogP contribution < -0.4 is 0 Å². The quantitative estimate of drug-likeness (QED) is 0.117. The summed E-state index contributed by atoms with van der Waals surface area (Å²) < 4.78 is 0. The van der Waals surface area contributed by atoms with Crippen molar-refractivity contribution in [1.29, 1.82) is 5.26 Å². The number of nitrogens with zero attached hydrogens (tertiary/aromatic N) is 4. The molecule has 14 nitrogen and oxygen atoms in total. The molecule has 0 amide bonds. The molecule has 5 N–H and O–H groups in total. The fourth-order valence-corrected chi connectivity index (χ4v) is 5.71. The van der Waals surface area contributed by atoms with Crippen LogP contribution in [0.1, 0.15) is 31.2 Å². The van der Waals surface area contributed by atoms with E-state index in [4.69, 9.17) is 5.26 Å². The number of carboxylic acid groups (broad SMARTS) is 5. The molecule has 15 heteroatoms. The van der Waals surface area contributed by atoms with Crippen molar-refractivity contribution in [1.82, 2.24) is 14.7 Å². The van der Waals surface area contributed by atoms with E-state index in [0.29, 0.717) is 36.1 Å². The molecule has 41 heavy (non-hydrogen) atoms. The normalized spacial score (nSPS) is 17.7. The van der Waals surface area contributed by atoms with Gasteiger partial charge in [0.15, 0.2) is 0 Å². The highest BCUT2D eigenvalue weighted by atomic mass is 32.2. The van der Waals surface area contributed by atoms with Gasteiger partial charge in [-0.3, -0.25) is 38.7 Å². The summed E-state index contributed by atoms with van der Waals surface area (Å²) in [5.41, 5.74) is 0.701. The van der Waals surface area contributed by atoms with Crippen molar-refractivity contribution >= 4 is 41.6 Å². The maximum atomic E-state index is 12.0. The Morgan fingerprint density at radius 2 is 1.20 bits per heavy atom. The first kappa shape index (κ1) is 33.5. The largest absolute Gasteiger partial charge is 0.480 e. The molecular weight excluding hydrogens is 560 g/mol. The minimum absolute atomic E-state index is 0.0727. The summed E-state index contributed by atoms with van der Waals surface area (Å²) in [5.74, 6) is -6.20. The maximum absolute atomic E-state index is 12.0. The standard InChI is InChI=1S/C26H34N4O10S/c27-16-41-19-7-5-17(6-8-19)9-18(28(11-22(31)32)12-23(33)34)10-29(13-24(35)36)20-3-1-2-4-21(20)30(14-25(37)38)15-26(39)40/h5-8,18,20-21H,1-4,9-15H2,(H,31,32)(H,33,34)(H,35,36)(H,37,38)(H,39,40). The fourth-order valence-electron chi connectivity index (χ4n) is 5.33. The number of rotatable bonds is 18. The van der Waals surface area contributed by atoms with E-state index >= 15 is 0 Å². The van der Waals surface area contributed by atoms with Crippen LogP contribution in [-0.2, 0) is 30.4 Å². The van der Waals surface area contributed by atoms with Gasteiger partial charge in [-0.2, -0.15) is 5.26 Å². The van der Waals surface area contributed by atoms with E-state index in [1.807, 2.05) is 5.40 Å². The minimum Gasteiger partial charge on any atom is -0.480 e. The van der Waals surface area contributed by atoms with Gasteiger partial charge in [-0.1, -0.05) is 25.0 Å². The van der Waals surface area contributed by atoms with E-state index < -0.39 is 80.7 Å². The number of carboxylic acids is 5. The molecule has 1 aromatic carbocycles. The Morgan fingerprint density at radius 3 is 1.63 bits per heavy atom. The molecular formula is C26H34N4O10S. The molecule has 1 aliphatic rings. The van der Waals surface area contributed by atoms with Crippen molar-refractivity contribution in [2.75, 3.05) is 39.3 Å². The molecule has 2 rings (SSSR count). The van der Waals surface area contributed by atoms with Crippen LogP contribution in [0, 0.1) is 10.7 Å². The van der Waals surface area contributed by atoms with E-state index in [-0.39, 0.29) is 13.0 Å². The van der Waals surface area contributed by atoms with Gasteiger partial charge in [0.25, 0.3) is 0 Å². The Morgan fingerprint density at radius 1 is 0.756 bits per heavy atom. The lowest BCUT2D eigenvalue weighted by molar-refractivity contribution is -0.146. The Hall–Kier alpha value is -3.71. The van der Waals surface area contributed by atoms with E-state index in [0.717, 1.165) is 11.8 Å². The van der Waals surface area contributed by atoms with Crippen LogP contribution in [0.25, 0.3) is 0 Å². The number of hydrogen-bond acceptors (Lipinski definition) is 10. The third-order valence-corrected chi connectivity index (χ3v) is 7.44. The van der Waals surface area contributed by atoms with Crippen molar-refractivity contribution in [3.8, 4) is 5.40 Å². The molecule has 3 atom stereocenters. The van der Waals surface area contributed by atoms with Gasteiger partial charge in [0.05, 0.1) is 32.7 Å². The average molecular weight is 595 g/mol. The predicted molar refractivity (Wildman–Crippen MR) is 144 cm³/mol. The number of nitriles is 1. The van der Waals surface area contributed by atoms with E-state index in [1.165, 1.54) is 9.80 Å². The second kappa shape index (κ2) is 16.5. The highest BCUT2D eigenvalue weighted by molar-refractivity contribution is 8.03. The predicted octanol–water partition coefficient (Wildman–Crippen LogP) is 0.811. The minimum atomic E-state index is -1.27. The molecule has 1 fully saturated rings. The molecule has 0 bridgehead atoms.